The quantitative estimate of drug-likeness (QED) is 0.896. The van der Waals surface area contributed by atoms with Gasteiger partial charge in [-0.3, -0.25) is 4.90 Å². The molecule has 3 atom stereocenters. The summed E-state index contributed by atoms with van der Waals surface area (Å²) in [5.74, 6) is 0.708. The summed E-state index contributed by atoms with van der Waals surface area (Å²) in [4.78, 5) is 2.71. The first-order valence-corrected chi connectivity index (χ1v) is 9.60. The van der Waals surface area contributed by atoms with Crippen molar-refractivity contribution in [1.82, 2.24) is 4.90 Å². The Balaban J connectivity index is 1.65. The second kappa shape index (κ2) is 6.93. The zero-order chi connectivity index (χ0) is 14.7. The lowest BCUT2D eigenvalue weighted by atomic mass is 10.0. The first kappa shape index (κ1) is 15.0. The Morgan fingerprint density at radius 3 is 2.76 bits per heavy atom. The third kappa shape index (κ3) is 3.49. The Kier molecular flexibility index (Phi) is 4.96. The molecule has 3 rings (SSSR count). The monoisotopic (exact) mass is 306 g/mol. The van der Waals surface area contributed by atoms with Crippen LogP contribution in [0.4, 0.5) is 5.69 Å². The highest BCUT2D eigenvalue weighted by Gasteiger charge is 2.35. The van der Waals surface area contributed by atoms with Crippen molar-refractivity contribution in [3.8, 4) is 0 Å². The highest BCUT2D eigenvalue weighted by molar-refractivity contribution is 7.86. The number of nitrogens with one attached hydrogen (secondary N) is 1. The van der Waals surface area contributed by atoms with E-state index in [1.807, 2.05) is 0 Å². The van der Waals surface area contributed by atoms with Crippen LogP contribution >= 0.6 is 0 Å². The van der Waals surface area contributed by atoms with Crippen LogP contribution in [0.15, 0.2) is 24.3 Å². The van der Waals surface area contributed by atoms with Gasteiger partial charge in [-0.2, -0.15) is 0 Å². The van der Waals surface area contributed by atoms with Crippen LogP contribution in [0.25, 0.3) is 0 Å². The zero-order valence-corrected chi connectivity index (χ0v) is 13.7. The van der Waals surface area contributed by atoms with Gasteiger partial charge in [-0.1, -0.05) is 25.5 Å². The van der Waals surface area contributed by atoms with E-state index in [4.69, 9.17) is 0 Å². The maximum Gasteiger partial charge on any atom is 0.117 e. The van der Waals surface area contributed by atoms with Crippen LogP contribution in [0.2, 0.25) is 0 Å². The summed E-state index contributed by atoms with van der Waals surface area (Å²) in [6.07, 6.45) is 7.72. The molecule has 0 saturated carbocycles. The van der Waals surface area contributed by atoms with Crippen LogP contribution in [0.1, 0.15) is 57.1 Å². The summed E-state index contributed by atoms with van der Waals surface area (Å²) in [7, 11) is -0.947. The van der Waals surface area contributed by atoms with Gasteiger partial charge in [0.1, 0.15) is 11.0 Å². The van der Waals surface area contributed by atoms with Gasteiger partial charge in [-0.15, -0.1) is 0 Å². The van der Waals surface area contributed by atoms with Crippen LogP contribution < -0.4 is 4.72 Å². The molecule has 2 aliphatic rings. The fourth-order valence-electron chi connectivity index (χ4n) is 3.76. The molecule has 1 aromatic carbocycles. The molecular formula is C17H26N2OS. The smallest absolute Gasteiger partial charge is 0.117 e. The highest BCUT2D eigenvalue weighted by atomic mass is 32.2. The maximum atomic E-state index is 11.7. The van der Waals surface area contributed by atoms with Crippen molar-refractivity contribution in [3.05, 3.63) is 29.8 Å². The first-order chi connectivity index (χ1) is 10.3. The van der Waals surface area contributed by atoms with E-state index in [0.29, 0.717) is 11.8 Å². The minimum Gasteiger partial charge on any atom is -0.305 e. The number of anilines is 1. The van der Waals surface area contributed by atoms with E-state index in [1.165, 1.54) is 44.2 Å². The second-order valence-corrected chi connectivity index (χ2v) is 7.56. The molecule has 0 aromatic heterocycles. The Morgan fingerprint density at radius 2 is 2.00 bits per heavy atom. The van der Waals surface area contributed by atoms with Gasteiger partial charge in [-0.05, 0) is 56.3 Å². The van der Waals surface area contributed by atoms with Crippen LogP contribution in [-0.2, 0) is 11.0 Å². The molecule has 0 bridgehead atoms. The van der Waals surface area contributed by atoms with Gasteiger partial charge in [0.25, 0.3) is 0 Å². The Hall–Kier alpha value is -0.870. The number of hydrogen-bond acceptors (Lipinski definition) is 2. The van der Waals surface area contributed by atoms with Crippen molar-refractivity contribution in [1.29, 1.82) is 0 Å². The van der Waals surface area contributed by atoms with E-state index < -0.39 is 11.0 Å². The molecule has 0 aliphatic carbocycles. The molecule has 2 aliphatic heterocycles. The summed E-state index contributed by atoms with van der Waals surface area (Å²) < 4.78 is 14.8. The van der Waals surface area contributed by atoms with E-state index >= 15 is 0 Å². The summed E-state index contributed by atoms with van der Waals surface area (Å²) >= 11 is 0. The van der Waals surface area contributed by atoms with Gasteiger partial charge < -0.3 is 4.72 Å². The average molecular weight is 306 g/mol. The largest absolute Gasteiger partial charge is 0.305 e. The van der Waals surface area contributed by atoms with Crippen LogP contribution in [-0.4, -0.2) is 27.4 Å². The molecule has 21 heavy (non-hydrogen) atoms. The van der Waals surface area contributed by atoms with E-state index in [9.17, 15) is 4.21 Å². The van der Waals surface area contributed by atoms with Gasteiger partial charge in [-0.25, -0.2) is 4.21 Å². The normalized spacial score (nSPS) is 27.3. The lowest BCUT2D eigenvalue weighted by Gasteiger charge is -2.34. The van der Waals surface area contributed by atoms with Crippen molar-refractivity contribution >= 4 is 16.7 Å². The number of rotatable bonds is 5. The maximum absolute atomic E-state index is 11.7. The molecule has 1 N–H and O–H groups in total. The zero-order valence-electron chi connectivity index (χ0n) is 12.9. The molecule has 3 nitrogen and oxygen atoms in total. The molecular weight excluding hydrogens is 280 g/mol. The minimum atomic E-state index is -0.947. The van der Waals surface area contributed by atoms with Gasteiger partial charge in [0.2, 0.25) is 0 Å². The van der Waals surface area contributed by atoms with E-state index in [0.717, 1.165) is 18.2 Å². The van der Waals surface area contributed by atoms with Gasteiger partial charge in [0.15, 0.2) is 0 Å². The molecule has 4 heteroatoms. The van der Waals surface area contributed by atoms with Crippen LogP contribution in [0, 0.1) is 0 Å². The fourth-order valence-corrected chi connectivity index (χ4v) is 4.63. The summed E-state index contributed by atoms with van der Waals surface area (Å²) in [5.41, 5.74) is 2.39. The molecule has 3 unspecified atom stereocenters. The number of piperidine rings is 1. The van der Waals surface area contributed by atoms with Gasteiger partial charge in [0.05, 0.1) is 0 Å². The lowest BCUT2D eigenvalue weighted by Crippen LogP contribution is -2.35. The number of benzene rings is 1. The van der Waals surface area contributed by atoms with E-state index in [2.05, 4.69) is 40.8 Å². The summed E-state index contributed by atoms with van der Waals surface area (Å²) in [5, 5.41) is 0. The number of hydrogen-bond donors (Lipinski definition) is 1. The Bertz CT molecular complexity index is 488. The lowest BCUT2D eigenvalue weighted by molar-refractivity contribution is 0.150. The minimum absolute atomic E-state index is 0.602. The molecule has 0 amide bonds. The molecule has 0 radical (unpaired) electrons. The van der Waals surface area contributed by atoms with Crippen LogP contribution in [0.5, 0.6) is 0 Å². The highest BCUT2D eigenvalue weighted by Crippen LogP contribution is 2.40. The second-order valence-electron chi connectivity index (χ2n) is 6.25. The standard InChI is InChI=1S/C17H26N2OS/c1-2-13-21(20)18-15-8-6-14(7-9-15)17-11-10-16-5-3-4-12-19(16)17/h6-9,16-18H,2-5,10-13H2,1H3. The van der Waals surface area contributed by atoms with Crippen molar-refractivity contribution in [2.75, 3.05) is 17.0 Å². The van der Waals surface area contributed by atoms with Crippen molar-refractivity contribution in [2.24, 2.45) is 0 Å². The fraction of sp³-hybridized carbons (Fsp3) is 0.647. The predicted octanol–water partition coefficient (Wildman–Crippen LogP) is 3.86. The first-order valence-electron chi connectivity index (χ1n) is 8.28. The predicted molar refractivity (Wildman–Crippen MR) is 89.7 cm³/mol. The SMILES string of the molecule is CCCS(=O)Nc1ccc(C2CCC3CCCCN32)cc1. The van der Waals surface area contributed by atoms with Crippen LogP contribution in [0.3, 0.4) is 0 Å². The van der Waals surface area contributed by atoms with Gasteiger partial charge in [0, 0.05) is 23.5 Å². The number of fused-ring (bicyclic) bond motifs is 1. The van der Waals surface area contributed by atoms with E-state index in [1.54, 1.807) is 0 Å². The topological polar surface area (TPSA) is 32.3 Å². The van der Waals surface area contributed by atoms with E-state index in [-0.39, 0.29) is 0 Å². The molecule has 0 spiro atoms. The summed E-state index contributed by atoms with van der Waals surface area (Å²) in [6, 6.07) is 10.0. The number of nitrogens with zero attached hydrogens (tertiary/aromatic N) is 1. The van der Waals surface area contributed by atoms with Gasteiger partial charge >= 0.3 is 0 Å². The summed E-state index contributed by atoms with van der Waals surface area (Å²) in [6.45, 7) is 3.31. The average Bonchev–Trinajstić information content (AvgIpc) is 2.92. The third-order valence-electron chi connectivity index (χ3n) is 4.76. The Labute approximate surface area is 130 Å². The molecule has 1 aromatic rings. The molecule has 2 saturated heterocycles. The molecule has 2 heterocycles. The van der Waals surface area contributed by atoms with Crippen molar-refractivity contribution < 1.29 is 4.21 Å². The molecule has 2 fully saturated rings. The Morgan fingerprint density at radius 1 is 1.19 bits per heavy atom. The molecule has 116 valence electrons. The van der Waals surface area contributed by atoms with Crippen molar-refractivity contribution in [3.63, 3.8) is 0 Å². The van der Waals surface area contributed by atoms with Crippen molar-refractivity contribution in [2.45, 2.75) is 57.5 Å². The third-order valence-corrected chi connectivity index (χ3v) is 6.01.